The predicted molar refractivity (Wildman–Crippen MR) is 69.2 cm³/mol. The highest BCUT2D eigenvalue weighted by Gasteiger charge is 2.09. The van der Waals surface area contributed by atoms with Crippen molar-refractivity contribution >= 4 is 11.3 Å². The normalized spacial score (nSPS) is 11.4. The summed E-state index contributed by atoms with van der Waals surface area (Å²) in [5, 5.41) is 13.9. The Bertz CT molecular complexity index is 535. The first-order valence-corrected chi connectivity index (χ1v) is 6.10. The first-order chi connectivity index (χ1) is 8.31. The molecular formula is C14H12O2S. The second-order valence-electron chi connectivity index (χ2n) is 3.43. The molecule has 1 unspecified atom stereocenters. The number of rotatable bonds is 2. The van der Waals surface area contributed by atoms with Gasteiger partial charge in [0.25, 0.3) is 0 Å². The molecule has 1 N–H and O–H groups in total. The third-order valence-electron chi connectivity index (χ3n) is 2.31. The van der Waals surface area contributed by atoms with Crippen LogP contribution in [-0.4, -0.2) is 12.2 Å². The van der Waals surface area contributed by atoms with E-state index in [1.165, 1.54) is 0 Å². The number of aliphatic hydroxyl groups excluding tert-OH is 1. The molecule has 1 aromatic heterocycles. The monoisotopic (exact) mass is 244 g/mol. The van der Waals surface area contributed by atoms with Gasteiger partial charge in [0.1, 0.15) is 11.9 Å². The van der Waals surface area contributed by atoms with Gasteiger partial charge in [-0.05, 0) is 17.5 Å². The largest absolute Gasteiger partial charge is 0.496 e. The lowest BCUT2D eigenvalue weighted by Crippen LogP contribution is -1.97. The Hall–Kier alpha value is -1.76. The minimum Gasteiger partial charge on any atom is -0.496 e. The van der Waals surface area contributed by atoms with Crippen LogP contribution < -0.4 is 4.74 Å². The molecule has 0 aliphatic heterocycles. The maximum atomic E-state index is 9.98. The van der Waals surface area contributed by atoms with Crippen LogP contribution in [0.5, 0.6) is 5.75 Å². The molecule has 0 aliphatic rings. The second kappa shape index (κ2) is 5.53. The summed E-state index contributed by atoms with van der Waals surface area (Å²) in [6, 6.07) is 9.26. The van der Waals surface area contributed by atoms with Crippen LogP contribution in [0.25, 0.3) is 0 Å². The lowest BCUT2D eigenvalue weighted by molar-refractivity contribution is 0.232. The summed E-state index contributed by atoms with van der Waals surface area (Å²) in [6.07, 6.45) is -0.828. The van der Waals surface area contributed by atoms with Crippen LogP contribution >= 0.6 is 11.3 Å². The molecule has 2 rings (SSSR count). The first-order valence-electron chi connectivity index (χ1n) is 5.16. The Kier molecular flexibility index (Phi) is 3.81. The van der Waals surface area contributed by atoms with Crippen molar-refractivity contribution in [1.29, 1.82) is 0 Å². The lowest BCUT2D eigenvalue weighted by atomic mass is 10.1. The molecule has 0 amide bonds. The average Bonchev–Trinajstić information content (AvgIpc) is 2.89. The van der Waals surface area contributed by atoms with Crippen LogP contribution in [0.15, 0.2) is 41.1 Å². The SMILES string of the molecule is COc1ccccc1C(O)C#Cc1ccsc1. The molecule has 17 heavy (non-hydrogen) atoms. The molecule has 2 aromatic rings. The van der Waals surface area contributed by atoms with Gasteiger partial charge in [0.05, 0.1) is 7.11 Å². The fraction of sp³-hybridized carbons (Fsp3) is 0.143. The molecule has 2 nitrogen and oxygen atoms in total. The van der Waals surface area contributed by atoms with E-state index < -0.39 is 6.10 Å². The zero-order chi connectivity index (χ0) is 12.1. The van der Waals surface area contributed by atoms with Crippen LogP contribution in [0.3, 0.4) is 0 Å². The molecule has 1 heterocycles. The number of methoxy groups -OCH3 is 1. The molecule has 1 aromatic carbocycles. The summed E-state index contributed by atoms with van der Waals surface area (Å²) >= 11 is 1.59. The molecule has 0 fully saturated rings. The third kappa shape index (κ3) is 2.88. The van der Waals surface area contributed by atoms with Crippen molar-refractivity contribution in [3.8, 4) is 17.6 Å². The van der Waals surface area contributed by atoms with Crippen molar-refractivity contribution in [2.75, 3.05) is 7.11 Å². The smallest absolute Gasteiger partial charge is 0.144 e. The number of ether oxygens (including phenoxy) is 1. The quantitative estimate of drug-likeness (QED) is 0.823. The van der Waals surface area contributed by atoms with E-state index in [1.807, 2.05) is 41.1 Å². The summed E-state index contributed by atoms with van der Waals surface area (Å²) in [7, 11) is 1.58. The highest BCUT2D eigenvalue weighted by atomic mass is 32.1. The minimum absolute atomic E-state index is 0.652. The minimum atomic E-state index is -0.828. The molecular weight excluding hydrogens is 232 g/mol. The van der Waals surface area contributed by atoms with Crippen LogP contribution in [0.1, 0.15) is 17.2 Å². The van der Waals surface area contributed by atoms with Gasteiger partial charge in [-0.2, -0.15) is 11.3 Å². The summed E-state index contributed by atoms with van der Waals surface area (Å²) in [5.74, 6) is 6.39. The van der Waals surface area contributed by atoms with Gasteiger partial charge in [-0.3, -0.25) is 0 Å². The zero-order valence-electron chi connectivity index (χ0n) is 9.38. The molecule has 0 aliphatic carbocycles. The third-order valence-corrected chi connectivity index (χ3v) is 2.99. The standard InChI is InChI=1S/C14H12O2S/c1-16-14-5-3-2-4-12(14)13(15)7-6-11-8-9-17-10-11/h2-5,8-10,13,15H,1H3. The van der Waals surface area contributed by atoms with E-state index in [0.717, 1.165) is 5.56 Å². The average molecular weight is 244 g/mol. The fourth-order valence-electron chi connectivity index (χ4n) is 1.46. The van der Waals surface area contributed by atoms with E-state index in [-0.39, 0.29) is 0 Å². The van der Waals surface area contributed by atoms with E-state index in [0.29, 0.717) is 11.3 Å². The van der Waals surface area contributed by atoms with Crippen LogP contribution in [-0.2, 0) is 0 Å². The molecule has 0 spiro atoms. The van der Waals surface area contributed by atoms with Crippen LogP contribution in [0.2, 0.25) is 0 Å². The van der Waals surface area contributed by atoms with Crippen molar-refractivity contribution < 1.29 is 9.84 Å². The zero-order valence-corrected chi connectivity index (χ0v) is 10.2. The maximum absolute atomic E-state index is 9.98. The van der Waals surface area contributed by atoms with E-state index >= 15 is 0 Å². The number of hydrogen-bond donors (Lipinski definition) is 1. The van der Waals surface area contributed by atoms with Gasteiger partial charge in [-0.15, -0.1) is 0 Å². The van der Waals surface area contributed by atoms with Gasteiger partial charge in [-0.25, -0.2) is 0 Å². The highest BCUT2D eigenvalue weighted by molar-refractivity contribution is 7.08. The summed E-state index contributed by atoms with van der Waals surface area (Å²) < 4.78 is 5.18. The van der Waals surface area contributed by atoms with Crippen molar-refractivity contribution in [2.24, 2.45) is 0 Å². The van der Waals surface area contributed by atoms with Gasteiger partial charge in [0.2, 0.25) is 0 Å². The predicted octanol–water partition coefficient (Wildman–Crippen LogP) is 2.84. The molecule has 1 atom stereocenters. The van der Waals surface area contributed by atoms with Crippen molar-refractivity contribution in [1.82, 2.24) is 0 Å². The van der Waals surface area contributed by atoms with E-state index in [2.05, 4.69) is 11.8 Å². The van der Waals surface area contributed by atoms with Gasteiger partial charge >= 0.3 is 0 Å². The van der Waals surface area contributed by atoms with Gasteiger partial charge in [0, 0.05) is 16.5 Å². The van der Waals surface area contributed by atoms with E-state index in [1.54, 1.807) is 18.4 Å². The summed E-state index contributed by atoms with van der Waals surface area (Å²) in [4.78, 5) is 0. The van der Waals surface area contributed by atoms with Crippen molar-refractivity contribution in [2.45, 2.75) is 6.10 Å². The Morgan fingerprint density at radius 2 is 2.12 bits per heavy atom. The number of aliphatic hydroxyl groups is 1. The molecule has 3 heteroatoms. The first kappa shape index (κ1) is 11.7. The van der Waals surface area contributed by atoms with Crippen LogP contribution in [0, 0.1) is 11.8 Å². The Morgan fingerprint density at radius 1 is 1.29 bits per heavy atom. The highest BCUT2D eigenvalue weighted by Crippen LogP contribution is 2.24. The maximum Gasteiger partial charge on any atom is 0.144 e. The van der Waals surface area contributed by atoms with E-state index in [9.17, 15) is 5.11 Å². The second-order valence-corrected chi connectivity index (χ2v) is 4.21. The lowest BCUT2D eigenvalue weighted by Gasteiger charge is -2.09. The number of para-hydroxylation sites is 1. The summed E-state index contributed by atoms with van der Waals surface area (Å²) in [6.45, 7) is 0. The molecule has 0 radical (unpaired) electrons. The van der Waals surface area contributed by atoms with Gasteiger partial charge in [0.15, 0.2) is 0 Å². The number of benzene rings is 1. The Labute approximate surface area is 104 Å². The molecule has 86 valence electrons. The van der Waals surface area contributed by atoms with Gasteiger partial charge < -0.3 is 9.84 Å². The topological polar surface area (TPSA) is 29.5 Å². The molecule has 0 bridgehead atoms. The number of hydrogen-bond acceptors (Lipinski definition) is 3. The number of thiophene rings is 1. The van der Waals surface area contributed by atoms with Crippen molar-refractivity contribution in [3.05, 3.63) is 52.2 Å². The summed E-state index contributed by atoms with van der Waals surface area (Å²) in [5.41, 5.74) is 1.61. The van der Waals surface area contributed by atoms with Crippen LogP contribution in [0.4, 0.5) is 0 Å². The Balaban J connectivity index is 2.22. The van der Waals surface area contributed by atoms with E-state index in [4.69, 9.17) is 4.74 Å². The molecule has 0 saturated heterocycles. The van der Waals surface area contributed by atoms with Crippen molar-refractivity contribution in [3.63, 3.8) is 0 Å². The van der Waals surface area contributed by atoms with Gasteiger partial charge in [-0.1, -0.05) is 30.0 Å². The Morgan fingerprint density at radius 3 is 2.82 bits per heavy atom. The molecule has 0 saturated carbocycles. The fourth-order valence-corrected chi connectivity index (χ4v) is 2.05.